The van der Waals surface area contributed by atoms with Crippen molar-refractivity contribution in [3.8, 4) is 22.6 Å². The zero-order valence-corrected chi connectivity index (χ0v) is 18.3. The number of nitrogens with zero attached hydrogens (tertiary/aromatic N) is 4. The molecule has 5 rings (SSSR count). The molecule has 1 N–H and O–H groups in total. The molecule has 2 aromatic heterocycles. The van der Waals surface area contributed by atoms with Crippen molar-refractivity contribution >= 4 is 27.1 Å². The van der Waals surface area contributed by atoms with Crippen molar-refractivity contribution in [1.29, 1.82) is 0 Å². The molecule has 0 atom stereocenters. The van der Waals surface area contributed by atoms with Crippen LogP contribution in [0.1, 0.15) is 29.4 Å². The van der Waals surface area contributed by atoms with Gasteiger partial charge in [0.25, 0.3) is 0 Å². The molecule has 29 heavy (non-hydrogen) atoms. The van der Waals surface area contributed by atoms with Gasteiger partial charge in [0.05, 0.1) is 0 Å². The van der Waals surface area contributed by atoms with Gasteiger partial charge in [-0.3, -0.25) is 0 Å². The molecule has 0 saturated carbocycles. The Morgan fingerprint density at radius 1 is 1.21 bits per heavy atom. The van der Waals surface area contributed by atoms with E-state index in [-0.39, 0.29) is 5.82 Å². The summed E-state index contributed by atoms with van der Waals surface area (Å²) in [5.74, 6) is 0.667. The quantitative estimate of drug-likeness (QED) is 0.482. The Labute approximate surface area is 177 Å². The Hall–Kier alpha value is -2.47. The van der Waals surface area contributed by atoms with Gasteiger partial charge >= 0.3 is 177 Å². The van der Waals surface area contributed by atoms with Crippen LogP contribution in [0.4, 0.5) is 4.39 Å². The van der Waals surface area contributed by atoms with E-state index in [1.54, 1.807) is 6.07 Å². The van der Waals surface area contributed by atoms with E-state index in [0.717, 1.165) is 70.0 Å². The molecule has 1 aliphatic heterocycles. The van der Waals surface area contributed by atoms with Crippen LogP contribution >= 0.6 is 0 Å². The summed E-state index contributed by atoms with van der Waals surface area (Å²) in [5, 5.41) is 9.11. The molecule has 4 aromatic rings. The van der Waals surface area contributed by atoms with Crippen LogP contribution in [-0.2, 0) is 26.6 Å². The number of benzene rings is 2. The monoisotopic (exact) mass is 454 g/mol. The topological polar surface area (TPSA) is 47.7 Å². The fourth-order valence-corrected chi connectivity index (χ4v) is 4.76. The van der Waals surface area contributed by atoms with Crippen molar-refractivity contribution in [3.63, 3.8) is 0 Å². The van der Waals surface area contributed by atoms with E-state index in [9.17, 15) is 4.39 Å². The molecule has 0 amide bonds. The van der Waals surface area contributed by atoms with Crippen LogP contribution in [0.15, 0.2) is 30.3 Å². The molecule has 0 unspecified atom stereocenters. The minimum atomic E-state index is -0.172. The molecule has 0 fully saturated rings. The van der Waals surface area contributed by atoms with Gasteiger partial charge in [-0.1, -0.05) is 0 Å². The zero-order valence-electron chi connectivity index (χ0n) is 16.6. The molecule has 1 radical (unpaired) electrons. The number of fused-ring (bicyclic) bond motifs is 2. The first-order valence-electron chi connectivity index (χ1n) is 9.73. The van der Waals surface area contributed by atoms with E-state index in [4.69, 9.17) is 10.1 Å². The molecule has 7 heteroatoms. The Morgan fingerprint density at radius 2 is 2.03 bits per heavy atom. The van der Waals surface area contributed by atoms with E-state index < -0.39 is 0 Å². The number of rotatable bonds is 3. The standard InChI is InChI=1S/C22H21FN5Se/c1-4-13-7-12(2)17(23)9-16(13)14-5-6-15-19(8-14)27(3)26-21(15)22-25-18-10-24-11-20(18)28(22)29/h5-9,24H,4,10-11H2,1-3H3. The van der Waals surface area contributed by atoms with Crippen molar-refractivity contribution in [2.75, 3.05) is 0 Å². The van der Waals surface area contributed by atoms with E-state index in [0.29, 0.717) is 5.56 Å². The molecule has 0 aliphatic carbocycles. The number of nitrogens with one attached hydrogen (secondary N) is 1. The average Bonchev–Trinajstić information content (AvgIpc) is 3.39. The molecule has 2 aromatic carbocycles. The van der Waals surface area contributed by atoms with Gasteiger partial charge in [0.15, 0.2) is 0 Å². The Balaban J connectivity index is 1.67. The molecule has 0 spiro atoms. The number of aromatic nitrogens is 4. The molecule has 0 bridgehead atoms. The second-order valence-corrected chi connectivity index (χ2v) is 8.31. The number of halogens is 1. The third kappa shape index (κ3) is 2.84. The van der Waals surface area contributed by atoms with Gasteiger partial charge in [-0.2, -0.15) is 0 Å². The first-order valence-corrected chi connectivity index (χ1v) is 10.5. The van der Waals surface area contributed by atoms with Crippen LogP contribution in [0, 0.1) is 12.7 Å². The maximum absolute atomic E-state index is 14.3. The summed E-state index contributed by atoms with van der Waals surface area (Å²) in [6, 6.07) is 9.82. The molecule has 0 saturated heterocycles. The molecule has 1 aliphatic rings. The summed E-state index contributed by atoms with van der Waals surface area (Å²) >= 11 is 3.11. The van der Waals surface area contributed by atoms with Crippen LogP contribution in [0.2, 0.25) is 0 Å². The van der Waals surface area contributed by atoms with Crippen LogP contribution in [0.25, 0.3) is 33.5 Å². The normalized spacial score (nSPS) is 13.4. The average molecular weight is 453 g/mol. The van der Waals surface area contributed by atoms with Gasteiger partial charge in [-0.15, -0.1) is 0 Å². The van der Waals surface area contributed by atoms with Gasteiger partial charge in [-0.25, -0.2) is 0 Å². The summed E-state index contributed by atoms with van der Waals surface area (Å²) in [5.41, 5.74) is 7.86. The van der Waals surface area contributed by atoms with Gasteiger partial charge in [-0.05, 0) is 0 Å². The van der Waals surface area contributed by atoms with Gasteiger partial charge in [0, 0.05) is 0 Å². The van der Waals surface area contributed by atoms with Crippen LogP contribution in [-0.4, -0.2) is 34.6 Å². The van der Waals surface area contributed by atoms with Gasteiger partial charge < -0.3 is 0 Å². The SMILES string of the molecule is CCc1cc(C)c(F)cc1-c1ccc2c(-c3nc4c(n3[Se])CNC4)nn(C)c2c1. The molecule has 5 nitrogen and oxygen atoms in total. The third-order valence-corrected chi connectivity index (χ3v) is 6.56. The first-order chi connectivity index (χ1) is 14.0. The Kier molecular flexibility index (Phi) is 4.35. The Morgan fingerprint density at radius 3 is 2.79 bits per heavy atom. The fraction of sp³-hybridized carbons (Fsp3) is 0.273. The van der Waals surface area contributed by atoms with E-state index >= 15 is 0 Å². The predicted octanol–water partition coefficient (Wildman–Crippen LogP) is 3.65. The summed E-state index contributed by atoms with van der Waals surface area (Å²) in [6.45, 7) is 5.50. The molecular weight excluding hydrogens is 432 g/mol. The van der Waals surface area contributed by atoms with E-state index in [2.05, 4.69) is 46.7 Å². The molecule has 3 heterocycles. The van der Waals surface area contributed by atoms with Crippen molar-refractivity contribution in [2.45, 2.75) is 33.4 Å². The summed E-state index contributed by atoms with van der Waals surface area (Å²) < 4.78 is 18.2. The summed E-state index contributed by atoms with van der Waals surface area (Å²) in [7, 11) is 1.94. The Bertz CT molecular complexity index is 1270. The second-order valence-electron chi connectivity index (χ2n) is 7.54. The van der Waals surface area contributed by atoms with E-state index in [1.165, 1.54) is 0 Å². The number of aryl methyl sites for hydroxylation is 3. The molecular formula is C22H21FN5Se. The van der Waals surface area contributed by atoms with Crippen molar-refractivity contribution in [2.24, 2.45) is 7.05 Å². The number of imidazole rings is 1. The second kappa shape index (κ2) is 6.80. The van der Waals surface area contributed by atoms with Crippen LogP contribution in [0.3, 0.4) is 0 Å². The van der Waals surface area contributed by atoms with Crippen molar-refractivity contribution < 1.29 is 4.39 Å². The van der Waals surface area contributed by atoms with Crippen molar-refractivity contribution in [1.82, 2.24) is 23.7 Å². The predicted molar refractivity (Wildman–Crippen MR) is 113 cm³/mol. The summed E-state index contributed by atoms with van der Waals surface area (Å²) in [6.07, 6.45) is 0.855. The van der Waals surface area contributed by atoms with Crippen molar-refractivity contribution in [3.05, 3.63) is 58.7 Å². The van der Waals surface area contributed by atoms with E-state index in [1.807, 2.05) is 28.3 Å². The van der Waals surface area contributed by atoms with Crippen LogP contribution in [0.5, 0.6) is 0 Å². The minimum absolute atomic E-state index is 0.172. The maximum atomic E-state index is 14.3. The third-order valence-electron chi connectivity index (χ3n) is 5.74. The zero-order chi connectivity index (χ0) is 20.3. The number of hydrogen-bond donors (Lipinski definition) is 1. The van der Waals surface area contributed by atoms with Gasteiger partial charge in [0.2, 0.25) is 0 Å². The fourth-order valence-electron chi connectivity index (χ4n) is 4.14. The summed E-state index contributed by atoms with van der Waals surface area (Å²) in [4.78, 5) is 4.80. The van der Waals surface area contributed by atoms with Gasteiger partial charge in [0.1, 0.15) is 0 Å². The number of hydrogen-bond acceptors (Lipinski definition) is 3. The van der Waals surface area contributed by atoms with Crippen LogP contribution < -0.4 is 5.32 Å². The first kappa shape index (κ1) is 18.6. The molecule has 147 valence electrons.